The van der Waals surface area contributed by atoms with E-state index in [9.17, 15) is 0 Å². The Labute approximate surface area is 104 Å². The van der Waals surface area contributed by atoms with Crippen molar-refractivity contribution in [1.29, 1.82) is 0 Å². The van der Waals surface area contributed by atoms with Crippen molar-refractivity contribution < 1.29 is 0 Å². The van der Waals surface area contributed by atoms with E-state index in [1.807, 2.05) is 18.2 Å². The Bertz CT molecular complexity index is 370. The van der Waals surface area contributed by atoms with Crippen LogP contribution in [0.4, 0.5) is 0 Å². The molecule has 0 spiro atoms. The second kappa shape index (κ2) is 6.17. The lowest BCUT2D eigenvalue weighted by Crippen LogP contribution is -2.26. The van der Waals surface area contributed by atoms with Gasteiger partial charge < -0.3 is 0 Å². The maximum Gasteiger partial charge on any atom is 0.0686 e. The van der Waals surface area contributed by atoms with Gasteiger partial charge in [0.1, 0.15) is 0 Å². The van der Waals surface area contributed by atoms with E-state index in [0.29, 0.717) is 0 Å². The van der Waals surface area contributed by atoms with Crippen LogP contribution in [-0.4, -0.2) is 6.04 Å². The zero-order valence-corrected chi connectivity index (χ0v) is 10.9. The van der Waals surface area contributed by atoms with Crippen LogP contribution in [0.2, 0.25) is 5.02 Å². The van der Waals surface area contributed by atoms with Gasteiger partial charge in [0.2, 0.25) is 0 Å². The van der Waals surface area contributed by atoms with E-state index < -0.39 is 0 Å². The second-order valence-corrected chi connectivity index (χ2v) is 4.52. The molecule has 15 heavy (non-hydrogen) atoms. The highest BCUT2D eigenvalue weighted by Gasteiger charge is 2.02. The maximum absolute atomic E-state index is 5.90. The third-order valence-corrected chi connectivity index (χ3v) is 3.36. The summed E-state index contributed by atoms with van der Waals surface area (Å²) in [5.74, 6) is 2.70. The number of halogens is 2. The van der Waals surface area contributed by atoms with Crippen molar-refractivity contribution in [3.05, 3.63) is 33.3 Å². The summed E-state index contributed by atoms with van der Waals surface area (Å²) < 4.78 is 0.914. The van der Waals surface area contributed by atoms with Gasteiger partial charge in [0.25, 0.3) is 0 Å². The summed E-state index contributed by atoms with van der Waals surface area (Å²) in [6.45, 7) is 2.83. The molecule has 0 fully saturated rings. The van der Waals surface area contributed by atoms with Crippen LogP contribution in [-0.2, 0) is 6.54 Å². The van der Waals surface area contributed by atoms with Crippen LogP contribution in [0.1, 0.15) is 18.9 Å². The summed E-state index contributed by atoms with van der Waals surface area (Å²) in [5, 5.41) is 4.01. The summed E-state index contributed by atoms with van der Waals surface area (Å²) in [7, 11) is 0. The average molecular weight is 287 g/mol. The molecule has 0 aliphatic heterocycles. The van der Waals surface area contributed by atoms with Crippen LogP contribution in [0.15, 0.2) is 22.7 Å². The van der Waals surface area contributed by atoms with Crippen LogP contribution in [0.5, 0.6) is 0 Å². The maximum atomic E-state index is 5.90. The van der Waals surface area contributed by atoms with Crippen LogP contribution < -0.4 is 5.32 Å². The Balaban J connectivity index is 2.59. The number of terminal acetylenes is 1. The molecule has 1 aromatic rings. The van der Waals surface area contributed by atoms with Gasteiger partial charge in [-0.25, -0.2) is 0 Å². The van der Waals surface area contributed by atoms with E-state index in [1.165, 1.54) is 5.56 Å². The van der Waals surface area contributed by atoms with Crippen molar-refractivity contribution in [2.75, 3.05) is 0 Å². The van der Waals surface area contributed by atoms with Crippen molar-refractivity contribution in [1.82, 2.24) is 5.32 Å². The predicted molar refractivity (Wildman–Crippen MR) is 68.9 cm³/mol. The third-order valence-electron chi connectivity index (χ3n) is 2.15. The number of nitrogens with one attached hydrogen (secondary N) is 1. The topological polar surface area (TPSA) is 12.0 Å². The lowest BCUT2D eigenvalue weighted by molar-refractivity contribution is 0.592. The van der Waals surface area contributed by atoms with E-state index >= 15 is 0 Å². The molecule has 1 unspecified atom stereocenters. The molecule has 0 amide bonds. The Morgan fingerprint density at radius 2 is 2.33 bits per heavy atom. The van der Waals surface area contributed by atoms with Gasteiger partial charge in [0, 0.05) is 11.0 Å². The van der Waals surface area contributed by atoms with Crippen molar-refractivity contribution in [3.63, 3.8) is 0 Å². The smallest absolute Gasteiger partial charge is 0.0686 e. The summed E-state index contributed by atoms with van der Waals surface area (Å²) in [6.07, 6.45) is 6.29. The van der Waals surface area contributed by atoms with Gasteiger partial charge in [-0.3, -0.25) is 5.32 Å². The molecule has 0 heterocycles. The van der Waals surface area contributed by atoms with E-state index in [-0.39, 0.29) is 6.04 Å². The normalized spacial score (nSPS) is 12.1. The molecule has 80 valence electrons. The fraction of sp³-hybridized carbons (Fsp3) is 0.333. The largest absolute Gasteiger partial charge is 0.300 e. The zero-order chi connectivity index (χ0) is 11.3. The standard InChI is InChI=1S/C12H13BrClN/c1-3-10(4-2)15-8-9-5-6-12(14)11(13)7-9/h1,5-7,10,15H,4,8H2,2H3. The Morgan fingerprint density at radius 1 is 1.60 bits per heavy atom. The minimum absolute atomic E-state index is 0.138. The van der Waals surface area contributed by atoms with Gasteiger partial charge in [0.05, 0.1) is 11.1 Å². The van der Waals surface area contributed by atoms with Crippen molar-refractivity contribution in [3.8, 4) is 12.3 Å². The van der Waals surface area contributed by atoms with E-state index in [2.05, 4.69) is 34.1 Å². The highest BCUT2D eigenvalue weighted by Crippen LogP contribution is 2.23. The SMILES string of the molecule is C#CC(CC)NCc1ccc(Cl)c(Br)c1. The molecule has 1 aromatic carbocycles. The molecule has 1 rings (SSSR count). The molecule has 3 heteroatoms. The first-order valence-corrected chi connectivity index (χ1v) is 5.98. The highest BCUT2D eigenvalue weighted by atomic mass is 79.9. The first kappa shape index (κ1) is 12.6. The molecule has 1 nitrogen and oxygen atoms in total. The fourth-order valence-corrected chi connectivity index (χ4v) is 1.76. The monoisotopic (exact) mass is 285 g/mol. The molecule has 0 bridgehead atoms. The van der Waals surface area contributed by atoms with Crippen LogP contribution in [0.25, 0.3) is 0 Å². The summed E-state index contributed by atoms with van der Waals surface area (Å²) in [4.78, 5) is 0. The molecule has 0 saturated heterocycles. The van der Waals surface area contributed by atoms with Gasteiger partial charge in [0.15, 0.2) is 0 Å². The fourth-order valence-electron chi connectivity index (χ4n) is 1.21. The minimum Gasteiger partial charge on any atom is -0.300 e. The molecule has 0 aliphatic rings. The molecule has 1 atom stereocenters. The molecular weight excluding hydrogens is 273 g/mol. The second-order valence-electron chi connectivity index (χ2n) is 3.26. The van der Waals surface area contributed by atoms with Crippen LogP contribution >= 0.6 is 27.5 Å². The Morgan fingerprint density at radius 3 is 2.87 bits per heavy atom. The van der Waals surface area contributed by atoms with E-state index in [0.717, 1.165) is 22.5 Å². The molecular formula is C12H13BrClN. The number of hydrogen-bond donors (Lipinski definition) is 1. The zero-order valence-electron chi connectivity index (χ0n) is 8.56. The van der Waals surface area contributed by atoms with Crippen molar-refractivity contribution in [2.45, 2.75) is 25.9 Å². The van der Waals surface area contributed by atoms with E-state index in [4.69, 9.17) is 18.0 Å². The number of hydrogen-bond acceptors (Lipinski definition) is 1. The van der Waals surface area contributed by atoms with Gasteiger partial charge in [-0.15, -0.1) is 6.42 Å². The quantitative estimate of drug-likeness (QED) is 0.834. The van der Waals surface area contributed by atoms with Gasteiger partial charge in [-0.05, 0) is 40.0 Å². The predicted octanol–water partition coefficient (Wildman–Crippen LogP) is 3.60. The highest BCUT2D eigenvalue weighted by molar-refractivity contribution is 9.10. The summed E-state index contributed by atoms with van der Waals surface area (Å²) in [5.41, 5.74) is 1.17. The lowest BCUT2D eigenvalue weighted by Gasteiger charge is -2.10. The molecule has 0 radical (unpaired) electrons. The average Bonchev–Trinajstić information content (AvgIpc) is 2.24. The van der Waals surface area contributed by atoms with Crippen molar-refractivity contribution in [2.24, 2.45) is 0 Å². The van der Waals surface area contributed by atoms with E-state index in [1.54, 1.807) is 0 Å². The molecule has 0 aromatic heterocycles. The first-order valence-electron chi connectivity index (χ1n) is 4.80. The summed E-state index contributed by atoms with van der Waals surface area (Å²) >= 11 is 9.29. The number of benzene rings is 1. The van der Waals surface area contributed by atoms with Crippen LogP contribution in [0.3, 0.4) is 0 Å². The van der Waals surface area contributed by atoms with Gasteiger partial charge >= 0.3 is 0 Å². The lowest BCUT2D eigenvalue weighted by atomic mass is 10.2. The molecule has 1 N–H and O–H groups in total. The van der Waals surface area contributed by atoms with Crippen LogP contribution in [0, 0.1) is 12.3 Å². The Kier molecular flexibility index (Phi) is 5.17. The molecule has 0 aliphatic carbocycles. The minimum atomic E-state index is 0.138. The van der Waals surface area contributed by atoms with Gasteiger partial charge in [-0.2, -0.15) is 0 Å². The first-order chi connectivity index (χ1) is 7.17. The Hall–Kier alpha value is -0.490. The van der Waals surface area contributed by atoms with Crippen molar-refractivity contribution >= 4 is 27.5 Å². The molecule has 0 saturated carbocycles. The third kappa shape index (κ3) is 3.87. The summed E-state index contributed by atoms with van der Waals surface area (Å²) in [6, 6.07) is 6.00. The number of rotatable bonds is 4. The van der Waals surface area contributed by atoms with Gasteiger partial charge in [-0.1, -0.05) is 30.5 Å².